The van der Waals surface area contributed by atoms with E-state index in [2.05, 4.69) is 0 Å². The van der Waals surface area contributed by atoms with Crippen molar-refractivity contribution in [2.24, 2.45) is 0 Å². The predicted octanol–water partition coefficient (Wildman–Crippen LogP) is 2.54. The van der Waals surface area contributed by atoms with Crippen LogP contribution < -0.4 is 9.04 Å². The highest BCUT2D eigenvalue weighted by Crippen LogP contribution is 2.30. The van der Waals surface area contributed by atoms with Crippen molar-refractivity contribution in [3.8, 4) is 5.75 Å². The first-order valence-corrected chi connectivity index (χ1v) is 11.2. The fraction of sp³-hybridized carbons (Fsp3) is 0.348. The molecule has 0 aliphatic rings. The van der Waals surface area contributed by atoms with E-state index in [1.807, 2.05) is 6.07 Å². The van der Waals surface area contributed by atoms with Gasteiger partial charge in [0.25, 0.3) is 0 Å². The average Bonchev–Trinajstić information content (AvgIpc) is 2.78. The lowest BCUT2D eigenvalue weighted by Crippen LogP contribution is -2.36. The summed E-state index contributed by atoms with van der Waals surface area (Å²) in [4.78, 5) is 36.5. The number of hydrogen-bond acceptors (Lipinski definition) is 9. The molecule has 10 nitrogen and oxygen atoms in total. The van der Waals surface area contributed by atoms with Gasteiger partial charge < -0.3 is 23.5 Å². The van der Waals surface area contributed by atoms with E-state index in [9.17, 15) is 23.1 Å². The summed E-state index contributed by atoms with van der Waals surface area (Å²) < 4.78 is 44.7. The number of methoxy groups -OCH3 is 1. The molecule has 1 unspecified atom stereocenters. The van der Waals surface area contributed by atoms with E-state index >= 15 is 0 Å². The number of nitrogens with zero attached hydrogens (tertiary/aromatic N) is 1. The van der Waals surface area contributed by atoms with Crippen LogP contribution in [0.1, 0.15) is 36.7 Å². The summed E-state index contributed by atoms with van der Waals surface area (Å²) in [6, 6.07) is 12.8. The lowest BCUT2D eigenvalue weighted by atomic mass is 10.2. The number of hydrogen-bond donors (Lipinski definition) is 0. The zero-order valence-electron chi connectivity index (χ0n) is 19.3. The molecule has 0 saturated heterocycles. The quantitative estimate of drug-likeness (QED) is 0.279. The molecule has 0 aliphatic heterocycles. The van der Waals surface area contributed by atoms with Crippen LogP contribution in [0.2, 0.25) is 0 Å². The van der Waals surface area contributed by atoms with Crippen LogP contribution in [0.5, 0.6) is 5.75 Å². The molecule has 0 bridgehead atoms. The second-order valence-corrected chi connectivity index (χ2v) is 8.82. The van der Waals surface area contributed by atoms with Crippen LogP contribution in [0.25, 0.3) is 0 Å². The Morgan fingerprint density at radius 1 is 1.00 bits per heavy atom. The smallest absolute Gasteiger partial charge is 0.344 e. The third-order valence-corrected chi connectivity index (χ3v) is 4.81. The zero-order valence-corrected chi connectivity index (χ0v) is 20.1. The first-order chi connectivity index (χ1) is 16.0. The molecule has 0 heterocycles. The Morgan fingerprint density at radius 3 is 2.26 bits per heavy atom. The van der Waals surface area contributed by atoms with Gasteiger partial charge in [0, 0.05) is 11.3 Å². The van der Waals surface area contributed by atoms with Gasteiger partial charge in [0.15, 0.2) is 6.61 Å². The molecule has 2 aromatic rings. The Kier molecular flexibility index (Phi) is 9.58. The lowest BCUT2D eigenvalue weighted by molar-refractivity contribution is -0.152. The molecule has 0 amide bonds. The Balaban J connectivity index is 2.09. The number of rotatable bonds is 10. The summed E-state index contributed by atoms with van der Waals surface area (Å²) in [6.45, 7) is 3.68. The molecular weight excluding hydrogens is 466 g/mol. The van der Waals surface area contributed by atoms with E-state index in [0.717, 1.165) is 5.56 Å². The predicted molar refractivity (Wildman–Crippen MR) is 122 cm³/mol. The molecule has 0 saturated carbocycles. The molecule has 0 spiro atoms. The Hall–Kier alpha value is -3.44. The maximum atomic E-state index is 12.4. The highest BCUT2D eigenvalue weighted by atomic mass is 32.2. The highest BCUT2D eigenvalue weighted by molar-refractivity contribution is 7.80. The second-order valence-electron chi connectivity index (χ2n) is 7.95. The monoisotopic (exact) mass is 492 g/mol. The maximum absolute atomic E-state index is 12.4. The van der Waals surface area contributed by atoms with Crippen molar-refractivity contribution in [3.05, 3.63) is 59.7 Å². The van der Waals surface area contributed by atoms with Gasteiger partial charge in [-0.2, -0.15) is 0 Å². The molecule has 11 heteroatoms. The minimum atomic E-state index is -2.89. The van der Waals surface area contributed by atoms with Crippen LogP contribution in [0, 0.1) is 0 Å². The van der Waals surface area contributed by atoms with Crippen LogP contribution in [-0.4, -0.2) is 52.5 Å². The average molecular weight is 493 g/mol. The summed E-state index contributed by atoms with van der Waals surface area (Å²) in [7, 11) is 1.30. The Labute approximate surface area is 200 Å². The van der Waals surface area contributed by atoms with E-state index in [1.165, 1.54) is 25.3 Å². The fourth-order valence-corrected chi connectivity index (χ4v) is 3.22. The minimum absolute atomic E-state index is 0.0266. The van der Waals surface area contributed by atoms with Gasteiger partial charge >= 0.3 is 17.9 Å². The normalized spacial score (nSPS) is 11.8. The lowest BCUT2D eigenvalue weighted by Gasteiger charge is -2.29. The van der Waals surface area contributed by atoms with Gasteiger partial charge in [-0.25, -0.2) is 9.59 Å². The van der Waals surface area contributed by atoms with E-state index < -0.39 is 47.9 Å². The summed E-state index contributed by atoms with van der Waals surface area (Å²) >= 11 is -2.89. The molecule has 0 radical (unpaired) electrons. The van der Waals surface area contributed by atoms with Crippen molar-refractivity contribution < 1.29 is 42.1 Å². The second kappa shape index (κ2) is 12.1. The Bertz CT molecular complexity index is 1030. The highest BCUT2D eigenvalue weighted by Gasteiger charge is 2.23. The van der Waals surface area contributed by atoms with Crippen molar-refractivity contribution in [3.63, 3.8) is 0 Å². The van der Waals surface area contributed by atoms with Crippen molar-refractivity contribution in [2.45, 2.75) is 33.0 Å². The third kappa shape index (κ3) is 8.49. The van der Waals surface area contributed by atoms with Gasteiger partial charge in [-0.1, -0.05) is 30.3 Å². The van der Waals surface area contributed by atoms with Crippen LogP contribution in [0.4, 0.5) is 5.69 Å². The summed E-state index contributed by atoms with van der Waals surface area (Å²) in [6.07, 6.45) is 0. The first-order valence-electron chi connectivity index (χ1n) is 10.1. The molecule has 0 aliphatic carbocycles. The van der Waals surface area contributed by atoms with E-state index in [0.29, 0.717) is 4.31 Å². The van der Waals surface area contributed by atoms with Crippen molar-refractivity contribution in [1.82, 2.24) is 0 Å². The largest absolute Gasteiger partial charge is 0.755 e. The minimum Gasteiger partial charge on any atom is -0.755 e. The maximum Gasteiger partial charge on any atom is 0.344 e. The van der Waals surface area contributed by atoms with Crippen molar-refractivity contribution in [1.29, 1.82) is 0 Å². The van der Waals surface area contributed by atoms with Gasteiger partial charge in [-0.05, 0) is 44.5 Å². The molecule has 0 N–H and O–H groups in total. The summed E-state index contributed by atoms with van der Waals surface area (Å²) in [5.74, 6) is -2.35. The number of benzene rings is 2. The van der Waals surface area contributed by atoms with E-state index in [4.69, 9.17) is 18.9 Å². The topological polar surface area (TPSA) is 132 Å². The summed E-state index contributed by atoms with van der Waals surface area (Å²) in [5.41, 5.74) is -0.190. The van der Waals surface area contributed by atoms with Crippen molar-refractivity contribution >= 4 is 34.9 Å². The van der Waals surface area contributed by atoms with Crippen LogP contribution in [-0.2, 0) is 41.7 Å². The number of esters is 3. The SMILES string of the molecule is COc1ccc(C(=O)OCC(=O)OCc2ccccc2)cc1N(CC(=O)OC(C)(C)C)S(=O)[O-]. The van der Waals surface area contributed by atoms with Crippen molar-refractivity contribution in [2.75, 3.05) is 24.6 Å². The third-order valence-electron chi connectivity index (χ3n) is 4.12. The zero-order chi connectivity index (χ0) is 25.3. The molecule has 0 fully saturated rings. The molecule has 34 heavy (non-hydrogen) atoms. The number of carbonyl (C=O) groups excluding carboxylic acids is 3. The Morgan fingerprint density at radius 2 is 1.68 bits per heavy atom. The van der Waals surface area contributed by atoms with Crippen LogP contribution in [0.15, 0.2) is 48.5 Å². The van der Waals surface area contributed by atoms with E-state index in [1.54, 1.807) is 45.0 Å². The molecule has 184 valence electrons. The van der Waals surface area contributed by atoms with Crippen LogP contribution >= 0.6 is 0 Å². The standard InChI is InChI=1S/C23H27NO9S/c1-23(2,3)33-20(25)13-24(34(28)29)18-12-17(10-11-19(18)30-4)22(27)32-15-21(26)31-14-16-8-6-5-7-9-16/h5-12H,13-15H2,1-4H3,(H,28,29)/p-1. The van der Waals surface area contributed by atoms with Gasteiger partial charge in [0.2, 0.25) is 0 Å². The van der Waals surface area contributed by atoms with Crippen LogP contribution in [0.3, 0.4) is 0 Å². The van der Waals surface area contributed by atoms with Gasteiger partial charge in [-0.3, -0.25) is 13.3 Å². The molecule has 0 aromatic heterocycles. The molecule has 2 aromatic carbocycles. The van der Waals surface area contributed by atoms with Gasteiger partial charge in [-0.15, -0.1) is 0 Å². The first kappa shape index (κ1) is 26.8. The number of carbonyl (C=O) groups is 3. The number of ether oxygens (including phenoxy) is 4. The molecule has 1 atom stereocenters. The molecule has 2 rings (SSSR count). The van der Waals surface area contributed by atoms with Gasteiger partial charge in [0.05, 0.1) is 18.4 Å². The fourth-order valence-electron chi connectivity index (χ4n) is 2.71. The molecular formula is C23H26NO9S-. The van der Waals surface area contributed by atoms with E-state index in [-0.39, 0.29) is 23.6 Å². The summed E-state index contributed by atoms with van der Waals surface area (Å²) in [5, 5.41) is 0. The number of anilines is 1. The van der Waals surface area contributed by atoms with Gasteiger partial charge in [0.1, 0.15) is 24.5 Å².